The van der Waals surface area contributed by atoms with Crippen molar-refractivity contribution in [3.63, 3.8) is 0 Å². The van der Waals surface area contributed by atoms with E-state index in [0.29, 0.717) is 0 Å². The van der Waals surface area contributed by atoms with Crippen molar-refractivity contribution in [3.05, 3.63) is 0 Å². The molecule has 0 fully saturated rings. The van der Waals surface area contributed by atoms with Crippen molar-refractivity contribution in [2.24, 2.45) is 0 Å². The Morgan fingerprint density at radius 1 is 1.42 bits per heavy atom. The van der Waals surface area contributed by atoms with Crippen LogP contribution >= 0.6 is 7.82 Å². The fourth-order valence-corrected chi connectivity index (χ4v) is 0.594. The van der Waals surface area contributed by atoms with Crippen LogP contribution in [0.25, 0.3) is 0 Å². The average molecular weight is 208 g/mol. The third kappa shape index (κ3) is 13.0. The van der Waals surface area contributed by atoms with Crippen LogP contribution in [0.15, 0.2) is 0 Å². The topological polar surface area (TPSA) is 116 Å². The maximum Gasteiger partial charge on any atom is 1.00 e. The van der Waals surface area contributed by atoms with E-state index < -0.39 is 27.2 Å². The number of carbonyl (C=O) groups is 1. The number of phosphoric acid groups is 1. The summed E-state index contributed by atoms with van der Waals surface area (Å²) in [5, 5.41) is 9.54. The third-order valence-electron chi connectivity index (χ3n) is 0.563. The van der Waals surface area contributed by atoms with Crippen molar-refractivity contribution in [1.82, 2.24) is 0 Å². The van der Waals surface area contributed by atoms with Gasteiger partial charge in [-0.25, -0.2) is 4.57 Å². The molecular weight excluding hydrogens is 202 g/mol. The molecule has 2 N–H and O–H groups in total. The molecule has 0 saturated heterocycles. The van der Waals surface area contributed by atoms with Gasteiger partial charge in [-0.3, -0.25) is 4.52 Å². The van der Waals surface area contributed by atoms with Gasteiger partial charge in [-0.2, -0.15) is 0 Å². The van der Waals surface area contributed by atoms with Gasteiger partial charge < -0.3 is 24.4 Å². The molecule has 0 unspecified atom stereocenters. The molecule has 0 aliphatic rings. The van der Waals surface area contributed by atoms with Gasteiger partial charge in [0.05, 0.1) is 13.2 Å². The molecule has 0 atom stereocenters. The van der Waals surface area contributed by atoms with Crippen LogP contribution < -0.4 is 34.7 Å². The van der Waals surface area contributed by atoms with Gasteiger partial charge in [-0.1, -0.05) is 0 Å². The van der Waals surface area contributed by atoms with Crippen LogP contribution in [0.4, 0.5) is 4.79 Å². The maximum absolute atomic E-state index is 9.93. The minimum absolute atomic E-state index is 0. The fraction of sp³-hybridized carbons (Fsp3) is 0.667. The van der Waals surface area contributed by atoms with E-state index >= 15 is 0 Å². The largest absolute Gasteiger partial charge is 1.00 e. The Labute approximate surface area is 90.2 Å². The first-order valence-electron chi connectivity index (χ1n) is 2.45. The van der Waals surface area contributed by atoms with E-state index in [1.807, 2.05) is 0 Å². The quantitative estimate of drug-likeness (QED) is 0.207. The average Bonchev–Trinajstić information content (AvgIpc) is 1.78. The van der Waals surface area contributed by atoms with E-state index in [0.717, 1.165) is 0 Å². The van der Waals surface area contributed by atoms with Crippen molar-refractivity contribution in [3.8, 4) is 0 Å². The Bertz CT molecular complexity index is 175. The molecule has 0 saturated carbocycles. The Morgan fingerprint density at radius 3 is 2.25 bits per heavy atom. The summed E-state index contributed by atoms with van der Waals surface area (Å²) in [6.45, 7) is -0.967. The van der Waals surface area contributed by atoms with Crippen LogP contribution in [0.3, 0.4) is 0 Å². The zero-order valence-electron chi connectivity index (χ0n) is 6.30. The molecule has 66 valence electrons. The number of carbonyl (C=O) groups excluding carboxylic acids is 1. The summed E-state index contributed by atoms with van der Waals surface area (Å²) in [7, 11) is -4.52. The third-order valence-corrected chi connectivity index (χ3v) is 1.08. The Kier molecular flexibility index (Phi) is 8.49. The van der Waals surface area contributed by atoms with Gasteiger partial charge in [-0.15, -0.1) is 0 Å². The van der Waals surface area contributed by atoms with Gasteiger partial charge in [0.25, 0.3) is 6.16 Å². The molecule has 0 bridgehead atoms. The van der Waals surface area contributed by atoms with E-state index in [4.69, 9.17) is 9.79 Å². The molecule has 0 aromatic carbocycles. The first-order valence-corrected chi connectivity index (χ1v) is 3.99. The predicted octanol–water partition coefficient (Wildman–Crippen LogP) is -4.54. The van der Waals surface area contributed by atoms with Crippen LogP contribution in [0.5, 0.6) is 0 Å². The van der Waals surface area contributed by atoms with Crippen LogP contribution in [0.1, 0.15) is 0 Å². The normalized spacial score (nSPS) is 10.2. The van der Waals surface area contributed by atoms with Gasteiger partial charge in [-0.05, 0) is 0 Å². The van der Waals surface area contributed by atoms with Crippen LogP contribution in [0, 0.1) is 0 Å². The summed E-state index contributed by atoms with van der Waals surface area (Å²) in [6, 6.07) is 0. The molecule has 0 spiro atoms. The van der Waals surface area contributed by atoms with E-state index in [-0.39, 0.29) is 29.6 Å². The molecule has 0 aliphatic heterocycles. The molecule has 7 nitrogen and oxygen atoms in total. The number of rotatable bonds is 4. The molecule has 0 heterocycles. The second-order valence-electron chi connectivity index (χ2n) is 1.42. The summed E-state index contributed by atoms with van der Waals surface area (Å²) in [5.74, 6) is 0. The van der Waals surface area contributed by atoms with Crippen molar-refractivity contribution >= 4 is 14.0 Å². The minimum atomic E-state index is -4.52. The molecule has 0 aliphatic carbocycles. The van der Waals surface area contributed by atoms with Crippen LogP contribution in [0.2, 0.25) is 0 Å². The molecule has 12 heavy (non-hydrogen) atoms. The number of ether oxygens (including phenoxy) is 1. The zero-order valence-corrected chi connectivity index (χ0v) is 9.19. The van der Waals surface area contributed by atoms with E-state index in [9.17, 15) is 14.5 Å². The molecule has 0 aromatic rings. The SMILES string of the molecule is O=C([O-])OCCOP(=O)(O)O.[Na+]. The minimum Gasteiger partial charge on any atom is -0.547 e. The molecule has 0 rings (SSSR count). The van der Waals surface area contributed by atoms with Crippen molar-refractivity contribution in [2.45, 2.75) is 0 Å². The monoisotopic (exact) mass is 208 g/mol. The summed E-state index contributed by atoms with van der Waals surface area (Å²) in [4.78, 5) is 25.6. The van der Waals surface area contributed by atoms with E-state index in [2.05, 4.69) is 9.26 Å². The maximum atomic E-state index is 9.93. The number of hydrogen-bond donors (Lipinski definition) is 2. The van der Waals surface area contributed by atoms with Gasteiger partial charge in [0.15, 0.2) is 0 Å². The molecular formula is C3H6NaO7P. The summed E-state index contributed by atoms with van der Waals surface area (Å²) >= 11 is 0. The Balaban J connectivity index is 0. The fourth-order valence-electron chi connectivity index (χ4n) is 0.281. The second kappa shape index (κ2) is 6.85. The van der Waals surface area contributed by atoms with Crippen LogP contribution in [-0.2, 0) is 13.8 Å². The second-order valence-corrected chi connectivity index (χ2v) is 2.66. The number of hydrogen-bond acceptors (Lipinski definition) is 5. The molecule has 9 heteroatoms. The van der Waals surface area contributed by atoms with Gasteiger partial charge in [0.2, 0.25) is 0 Å². The van der Waals surface area contributed by atoms with Crippen molar-refractivity contribution in [1.29, 1.82) is 0 Å². The van der Waals surface area contributed by atoms with Crippen molar-refractivity contribution < 1.29 is 63.1 Å². The zero-order chi connectivity index (χ0) is 8.91. The number of carboxylic acid groups (broad SMARTS) is 1. The smallest absolute Gasteiger partial charge is 0.547 e. The predicted molar refractivity (Wildman–Crippen MR) is 29.3 cm³/mol. The summed E-state index contributed by atoms with van der Waals surface area (Å²) in [6.07, 6.45) is -1.76. The Morgan fingerprint density at radius 2 is 1.92 bits per heavy atom. The molecule has 0 radical (unpaired) electrons. The standard InChI is InChI=1S/C3H7O7P.Na/c4-3(5)9-1-2-10-11(6,7)8;/h1-2H2,(H,4,5)(H2,6,7,8);/q;+1/p-1. The van der Waals surface area contributed by atoms with Crippen LogP contribution in [-0.4, -0.2) is 29.2 Å². The van der Waals surface area contributed by atoms with E-state index in [1.54, 1.807) is 0 Å². The van der Waals surface area contributed by atoms with Gasteiger partial charge in [0, 0.05) is 0 Å². The van der Waals surface area contributed by atoms with Gasteiger partial charge in [0.1, 0.15) is 0 Å². The first-order chi connectivity index (χ1) is 4.92. The molecule has 0 amide bonds. The number of phosphoric ester groups is 1. The Hall–Kier alpha value is 0.380. The first kappa shape index (κ1) is 14.9. The summed E-state index contributed by atoms with van der Waals surface area (Å²) < 4.78 is 17.5. The van der Waals surface area contributed by atoms with Gasteiger partial charge >= 0.3 is 37.4 Å². The summed E-state index contributed by atoms with van der Waals surface area (Å²) in [5.41, 5.74) is 0. The van der Waals surface area contributed by atoms with Crippen molar-refractivity contribution in [2.75, 3.05) is 13.2 Å². The molecule has 0 aromatic heterocycles. The van der Waals surface area contributed by atoms with E-state index in [1.165, 1.54) is 0 Å².